The van der Waals surface area contributed by atoms with Crippen molar-refractivity contribution in [1.82, 2.24) is 0 Å². The molecule has 0 aliphatic heterocycles. The van der Waals surface area contributed by atoms with E-state index in [-0.39, 0.29) is 0 Å². The molecule has 0 aromatic carbocycles. The van der Waals surface area contributed by atoms with Crippen molar-refractivity contribution in [1.29, 1.82) is 5.26 Å². The average molecular weight is 221 g/mol. The first-order valence-electron chi connectivity index (χ1n) is 6.79. The van der Waals surface area contributed by atoms with E-state index in [0.29, 0.717) is 6.42 Å². The zero-order chi connectivity index (χ0) is 12.1. The van der Waals surface area contributed by atoms with Gasteiger partial charge >= 0.3 is 0 Å². The maximum Gasteiger partial charge on any atom is 0.0663 e. The van der Waals surface area contributed by atoms with Crippen LogP contribution in [0.1, 0.15) is 71.6 Å². The van der Waals surface area contributed by atoms with Gasteiger partial charge in [0.15, 0.2) is 0 Å². The quantitative estimate of drug-likeness (QED) is 0.366. The van der Waals surface area contributed by atoms with E-state index in [1.165, 1.54) is 44.9 Å². The minimum Gasteiger partial charge on any atom is -0.198 e. The molecule has 0 aromatic rings. The standard InChI is InChI=1S/C15H27N/c1-15(2)13-11-9-7-5-3-4-6-8-10-12-14-16/h8,10,15H,3-7,9,11-13H2,1-2H3. The van der Waals surface area contributed by atoms with Gasteiger partial charge in [0.25, 0.3) is 0 Å². The molecule has 0 saturated carbocycles. The molecule has 0 fully saturated rings. The van der Waals surface area contributed by atoms with Crippen LogP contribution in [0.3, 0.4) is 0 Å². The Hall–Kier alpha value is -0.770. The Bertz CT molecular complexity index is 198. The summed E-state index contributed by atoms with van der Waals surface area (Å²) in [6, 6.07) is 2.12. The Morgan fingerprint density at radius 2 is 1.56 bits per heavy atom. The van der Waals surface area contributed by atoms with Crippen LogP contribution in [0.2, 0.25) is 0 Å². The third-order valence-corrected chi connectivity index (χ3v) is 2.78. The number of hydrogen-bond acceptors (Lipinski definition) is 1. The fourth-order valence-electron chi connectivity index (χ4n) is 1.78. The van der Waals surface area contributed by atoms with Gasteiger partial charge in [-0.2, -0.15) is 5.26 Å². The maximum atomic E-state index is 8.33. The predicted octanol–water partition coefficient (Wildman–Crippen LogP) is 5.23. The minimum atomic E-state index is 0.565. The van der Waals surface area contributed by atoms with Gasteiger partial charge < -0.3 is 0 Å². The summed E-state index contributed by atoms with van der Waals surface area (Å²) in [4.78, 5) is 0. The lowest BCUT2D eigenvalue weighted by atomic mass is 10.0. The van der Waals surface area contributed by atoms with E-state index in [0.717, 1.165) is 12.3 Å². The van der Waals surface area contributed by atoms with Crippen LogP contribution in [0, 0.1) is 17.2 Å². The molecule has 0 aliphatic carbocycles. The second-order valence-electron chi connectivity index (χ2n) is 4.93. The number of nitriles is 1. The Balaban J connectivity index is 3.02. The minimum absolute atomic E-state index is 0.565. The van der Waals surface area contributed by atoms with Crippen molar-refractivity contribution in [2.24, 2.45) is 5.92 Å². The van der Waals surface area contributed by atoms with Gasteiger partial charge in [-0.15, -0.1) is 0 Å². The highest BCUT2D eigenvalue weighted by molar-refractivity contribution is 4.90. The molecule has 0 N–H and O–H groups in total. The zero-order valence-corrected chi connectivity index (χ0v) is 11.0. The fraction of sp³-hybridized carbons (Fsp3) is 0.800. The molecule has 0 atom stereocenters. The molecule has 0 amide bonds. The summed E-state index contributed by atoms with van der Waals surface area (Å²) in [5.41, 5.74) is 0. The lowest BCUT2D eigenvalue weighted by Crippen LogP contribution is -1.87. The molecule has 1 heteroatoms. The normalized spacial score (nSPS) is 11.1. The first-order valence-corrected chi connectivity index (χ1v) is 6.79. The van der Waals surface area contributed by atoms with Crippen LogP contribution in [0.5, 0.6) is 0 Å². The first kappa shape index (κ1) is 15.2. The van der Waals surface area contributed by atoms with Gasteiger partial charge in [0, 0.05) is 0 Å². The summed E-state index contributed by atoms with van der Waals surface area (Å²) in [6.45, 7) is 4.60. The average Bonchev–Trinajstić information content (AvgIpc) is 2.25. The van der Waals surface area contributed by atoms with E-state index in [4.69, 9.17) is 5.26 Å². The van der Waals surface area contributed by atoms with E-state index in [9.17, 15) is 0 Å². The van der Waals surface area contributed by atoms with E-state index < -0.39 is 0 Å². The van der Waals surface area contributed by atoms with E-state index in [2.05, 4.69) is 26.0 Å². The van der Waals surface area contributed by atoms with Crippen molar-refractivity contribution in [2.45, 2.75) is 71.6 Å². The van der Waals surface area contributed by atoms with Gasteiger partial charge in [0.05, 0.1) is 12.5 Å². The fourth-order valence-corrected chi connectivity index (χ4v) is 1.78. The Labute approximate surface area is 102 Å². The second-order valence-corrected chi connectivity index (χ2v) is 4.93. The number of nitrogens with zero attached hydrogens (tertiary/aromatic N) is 1. The highest BCUT2D eigenvalue weighted by atomic mass is 14.2. The molecule has 0 aromatic heterocycles. The topological polar surface area (TPSA) is 23.8 Å². The predicted molar refractivity (Wildman–Crippen MR) is 71.1 cm³/mol. The summed E-state index contributed by atoms with van der Waals surface area (Å²) in [6.07, 6.45) is 15.4. The van der Waals surface area contributed by atoms with Gasteiger partial charge in [-0.25, -0.2) is 0 Å². The molecule has 1 nitrogen and oxygen atoms in total. The summed E-state index contributed by atoms with van der Waals surface area (Å²) >= 11 is 0. The number of unbranched alkanes of at least 4 members (excludes halogenated alkanes) is 6. The van der Waals surface area contributed by atoms with Crippen molar-refractivity contribution in [3.05, 3.63) is 12.2 Å². The van der Waals surface area contributed by atoms with Gasteiger partial charge in [0.1, 0.15) is 0 Å². The summed E-state index contributed by atoms with van der Waals surface area (Å²) in [5.74, 6) is 0.866. The second kappa shape index (κ2) is 12.3. The molecule has 0 saturated heterocycles. The molecule has 0 spiro atoms. The lowest BCUT2D eigenvalue weighted by Gasteiger charge is -2.03. The molecule has 0 rings (SSSR count). The highest BCUT2D eigenvalue weighted by Gasteiger charge is 1.94. The van der Waals surface area contributed by atoms with Crippen molar-refractivity contribution in [2.75, 3.05) is 0 Å². The van der Waals surface area contributed by atoms with Crippen molar-refractivity contribution in [3.63, 3.8) is 0 Å². The van der Waals surface area contributed by atoms with Crippen molar-refractivity contribution < 1.29 is 0 Å². The van der Waals surface area contributed by atoms with E-state index >= 15 is 0 Å². The maximum absolute atomic E-state index is 8.33. The largest absolute Gasteiger partial charge is 0.198 e. The van der Waals surface area contributed by atoms with Crippen molar-refractivity contribution in [3.8, 4) is 6.07 Å². The van der Waals surface area contributed by atoms with Crippen LogP contribution in [-0.4, -0.2) is 0 Å². The molecular formula is C15H27N. The monoisotopic (exact) mass is 221 g/mol. The Morgan fingerprint density at radius 3 is 2.19 bits per heavy atom. The third-order valence-electron chi connectivity index (χ3n) is 2.78. The van der Waals surface area contributed by atoms with E-state index in [1.54, 1.807) is 0 Å². The lowest BCUT2D eigenvalue weighted by molar-refractivity contribution is 0.512. The van der Waals surface area contributed by atoms with Crippen molar-refractivity contribution >= 4 is 0 Å². The van der Waals surface area contributed by atoms with Crippen LogP contribution in [0.4, 0.5) is 0 Å². The smallest absolute Gasteiger partial charge is 0.0663 e. The molecule has 16 heavy (non-hydrogen) atoms. The molecule has 0 aliphatic rings. The molecular weight excluding hydrogens is 194 g/mol. The number of rotatable bonds is 10. The molecule has 0 unspecified atom stereocenters. The Morgan fingerprint density at radius 1 is 0.938 bits per heavy atom. The zero-order valence-electron chi connectivity index (χ0n) is 11.0. The van der Waals surface area contributed by atoms with Crippen LogP contribution in [-0.2, 0) is 0 Å². The molecule has 0 bridgehead atoms. The van der Waals surface area contributed by atoms with Crippen LogP contribution in [0.15, 0.2) is 12.2 Å². The summed E-state index contributed by atoms with van der Waals surface area (Å²) in [5, 5.41) is 8.33. The van der Waals surface area contributed by atoms with Crippen LogP contribution < -0.4 is 0 Å². The van der Waals surface area contributed by atoms with Gasteiger partial charge in [-0.05, 0) is 18.8 Å². The molecule has 0 heterocycles. The van der Waals surface area contributed by atoms with Crippen LogP contribution >= 0.6 is 0 Å². The Kier molecular flexibility index (Phi) is 11.7. The molecule has 92 valence electrons. The number of allylic oxidation sites excluding steroid dienone is 2. The molecule has 0 radical (unpaired) electrons. The van der Waals surface area contributed by atoms with Gasteiger partial charge in [-0.3, -0.25) is 0 Å². The van der Waals surface area contributed by atoms with E-state index in [1.807, 2.05) is 6.08 Å². The van der Waals surface area contributed by atoms with Crippen LogP contribution in [0.25, 0.3) is 0 Å². The summed E-state index contributed by atoms with van der Waals surface area (Å²) < 4.78 is 0. The van der Waals surface area contributed by atoms with Gasteiger partial charge in [-0.1, -0.05) is 64.5 Å². The SMILES string of the molecule is CC(C)CCCCCCCCC=CCC#N. The third kappa shape index (κ3) is 13.2. The first-order chi connectivity index (χ1) is 7.77. The summed E-state index contributed by atoms with van der Waals surface area (Å²) in [7, 11) is 0. The highest BCUT2D eigenvalue weighted by Crippen LogP contribution is 2.12. The van der Waals surface area contributed by atoms with Gasteiger partial charge in [0.2, 0.25) is 0 Å². The number of hydrogen-bond donors (Lipinski definition) is 0.